The summed E-state index contributed by atoms with van der Waals surface area (Å²) in [6.45, 7) is 4.00. The molecule has 2 heterocycles. The molecular formula is C21H19IN4O2S. The number of aryl methyl sites for hydroxylation is 2. The molecule has 8 heteroatoms. The van der Waals surface area contributed by atoms with Crippen molar-refractivity contribution in [2.75, 3.05) is 11.1 Å². The molecule has 1 N–H and O–H groups in total. The molecule has 0 unspecified atom stereocenters. The van der Waals surface area contributed by atoms with Crippen LogP contribution in [0.5, 0.6) is 0 Å². The van der Waals surface area contributed by atoms with Crippen LogP contribution in [0.3, 0.4) is 0 Å². The number of hydrogen-bond donors (Lipinski definition) is 1. The number of rotatable bonds is 5. The van der Waals surface area contributed by atoms with Gasteiger partial charge >= 0.3 is 0 Å². The highest BCUT2D eigenvalue weighted by molar-refractivity contribution is 14.1. The number of para-hydroxylation sites is 1. The summed E-state index contributed by atoms with van der Waals surface area (Å²) in [5.41, 5.74) is 3.79. The summed E-state index contributed by atoms with van der Waals surface area (Å²) in [5.74, 6) is 1.46. The zero-order valence-corrected chi connectivity index (χ0v) is 19.2. The molecule has 1 amide bonds. The molecule has 4 rings (SSSR count). The van der Waals surface area contributed by atoms with Crippen LogP contribution in [-0.4, -0.2) is 26.4 Å². The van der Waals surface area contributed by atoms with Crippen LogP contribution in [0.15, 0.2) is 52.0 Å². The van der Waals surface area contributed by atoms with Gasteiger partial charge in [0.05, 0.1) is 5.75 Å². The monoisotopic (exact) mass is 518 g/mol. The van der Waals surface area contributed by atoms with Gasteiger partial charge in [-0.3, -0.25) is 4.79 Å². The number of carbonyl (C=O) groups excluding carboxylic acids is 1. The van der Waals surface area contributed by atoms with Crippen molar-refractivity contribution >= 4 is 56.9 Å². The van der Waals surface area contributed by atoms with Crippen LogP contribution >= 0.6 is 34.4 Å². The number of carbonyl (C=O) groups is 1. The quantitative estimate of drug-likeness (QED) is 0.291. The number of aromatic nitrogens is 3. The molecule has 2 aromatic heterocycles. The number of benzene rings is 2. The summed E-state index contributed by atoms with van der Waals surface area (Å²) in [7, 11) is 1.87. The fourth-order valence-corrected chi connectivity index (χ4v) is 4.81. The van der Waals surface area contributed by atoms with Gasteiger partial charge in [-0.1, -0.05) is 30.0 Å². The second-order valence-electron chi connectivity index (χ2n) is 6.77. The Morgan fingerprint density at radius 1 is 1.17 bits per heavy atom. The van der Waals surface area contributed by atoms with Crippen LogP contribution < -0.4 is 5.32 Å². The number of fused-ring (bicyclic) bond motifs is 1. The summed E-state index contributed by atoms with van der Waals surface area (Å²) in [6.07, 6.45) is 0. The number of thioether (sulfide) groups is 1. The molecule has 148 valence electrons. The maximum absolute atomic E-state index is 12.5. The Morgan fingerprint density at radius 3 is 2.62 bits per heavy atom. The van der Waals surface area contributed by atoms with Crippen LogP contribution in [0.1, 0.15) is 11.1 Å². The number of nitrogens with one attached hydrogen (secondary N) is 1. The number of anilines is 1. The van der Waals surface area contributed by atoms with Gasteiger partial charge in [-0.25, -0.2) is 0 Å². The predicted molar refractivity (Wildman–Crippen MR) is 124 cm³/mol. The van der Waals surface area contributed by atoms with Gasteiger partial charge < -0.3 is 14.3 Å². The zero-order chi connectivity index (χ0) is 20.5. The topological polar surface area (TPSA) is 73.0 Å². The lowest BCUT2D eigenvalue weighted by atomic mass is 10.1. The van der Waals surface area contributed by atoms with Gasteiger partial charge in [0.1, 0.15) is 5.58 Å². The fourth-order valence-electron chi connectivity index (χ4n) is 3.16. The number of furan rings is 1. The van der Waals surface area contributed by atoms with Gasteiger partial charge in [-0.05, 0) is 71.8 Å². The van der Waals surface area contributed by atoms with Crippen molar-refractivity contribution in [3.8, 4) is 11.6 Å². The Kier molecular flexibility index (Phi) is 5.64. The lowest BCUT2D eigenvalue weighted by Crippen LogP contribution is -2.16. The molecule has 2 aromatic carbocycles. The first kappa shape index (κ1) is 20.0. The van der Waals surface area contributed by atoms with Gasteiger partial charge in [-0.15, -0.1) is 10.2 Å². The normalized spacial score (nSPS) is 11.2. The third-order valence-electron chi connectivity index (χ3n) is 4.58. The molecule has 6 nitrogen and oxygen atoms in total. The maximum atomic E-state index is 12.5. The third-order valence-corrected chi connectivity index (χ3v) is 6.22. The Hall–Kier alpha value is -2.33. The summed E-state index contributed by atoms with van der Waals surface area (Å²) >= 11 is 3.62. The number of hydrogen-bond acceptors (Lipinski definition) is 5. The molecule has 0 saturated heterocycles. The molecule has 0 radical (unpaired) electrons. The highest BCUT2D eigenvalue weighted by atomic mass is 127. The Balaban J connectivity index is 1.46. The van der Waals surface area contributed by atoms with Crippen molar-refractivity contribution < 1.29 is 9.21 Å². The van der Waals surface area contributed by atoms with Crippen molar-refractivity contribution in [3.63, 3.8) is 0 Å². The van der Waals surface area contributed by atoms with Crippen LogP contribution in [0, 0.1) is 17.4 Å². The number of halogens is 1. The molecule has 0 aliphatic rings. The lowest BCUT2D eigenvalue weighted by Gasteiger charge is -2.12. The van der Waals surface area contributed by atoms with Crippen molar-refractivity contribution in [2.24, 2.45) is 7.05 Å². The Bertz CT molecular complexity index is 1160. The minimum atomic E-state index is -0.0734. The van der Waals surface area contributed by atoms with Crippen LogP contribution in [0.25, 0.3) is 22.6 Å². The van der Waals surface area contributed by atoms with E-state index in [1.165, 1.54) is 11.8 Å². The fraction of sp³-hybridized carbons (Fsp3) is 0.190. The third kappa shape index (κ3) is 4.18. The number of nitrogens with zero attached hydrogens (tertiary/aromatic N) is 3. The first-order valence-corrected chi connectivity index (χ1v) is 11.1. The van der Waals surface area contributed by atoms with Gasteiger partial charge in [-0.2, -0.15) is 0 Å². The summed E-state index contributed by atoms with van der Waals surface area (Å²) in [5, 5.41) is 13.2. The predicted octanol–water partition coefficient (Wildman–Crippen LogP) is 5.18. The largest absolute Gasteiger partial charge is 0.453 e. The van der Waals surface area contributed by atoms with E-state index in [9.17, 15) is 4.79 Å². The molecule has 0 aliphatic carbocycles. The van der Waals surface area contributed by atoms with E-state index >= 15 is 0 Å². The van der Waals surface area contributed by atoms with E-state index in [1.807, 2.05) is 55.8 Å². The van der Waals surface area contributed by atoms with Crippen molar-refractivity contribution in [1.29, 1.82) is 0 Å². The van der Waals surface area contributed by atoms with Gasteiger partial charge in [0.2, 0.25) is 5.91 Å². The van der Waals surface area contributed by atoms with Crippen LogP contribution in [0.4, 0.5) is 5.69 Å². The van der Waals surface area contributed by atoms with Crippen LogP contribution in [0.2, 0.25) is 0 Å². The van der Waals surface area contributed by atoms with E-state index in [1.54, 1.807) is 0 Å². The van der Waals surface area contributed by atoms with Crippen molar-refractivity contribution in [3.05, 3.63) is 57.2 Å². The standard InChI is InChI=1S/C21H19IN4O2S/c1-12-8-15(22)9-13(2)19(12)23-18(27)11-29-21-25-24-20(26(21)3)17-10-14-6-4-5-7-16(14)28-17/h4-10H,11H2,1-3H3,(H,23,27). The zero-order valence-electron chi connectivity index (χ0n) is 16.2. The molecule has 0 aliphatic heterocycles. The summed E-state index contributed by atoms with van der Waals surface area (Å²) in [6, 6.07) is 13.9. The Labute approximate surface area is 186 Å². The minimum Gasteiger partial charge on any atom is -0.453 e. The van der Waals surface area contributed by atoms with Crippen molar-refractivity contribution in [2.45, 2.75) is 19.0 Å². The van der Waals surface area contributed by atoms with Crippen molar-refractivity contribution in [1.82, 2.24) is 14.8 Å². The molecule has 4 aromatic rings. The highest BCUT2D eigenvalue weighted by Gasteiger charge is 2.17. The second kappa shape index (κ2) is 8.19. The number of amides is 1. The SMILES string of the molecule is Cc1cc(I)cc(C)c1NC(=O)CSc1nnc(-c2cc3ccccc3o2)n1C. The van der Waals surface area contributed by atoms with E-state index in [0.29, 0.717) is 16.7 Å². The Morgan fingerprint density at radius 2 is 1.90 bits per heavy atom. The minimum absolute atomic E-state index is 0.0734. The molecule has 29 heavy (non-hydrogen) atoms. The van der Waals surface area contributed by atoms with E-state index < -0.39 is 0 Å². The second-order valence-corrected chi connectivity index (χ2v) is 8.95. The average molecular weight is 518 g/mol. The van der Waals surface area contributed by atoms with Gasteiger partial charge in [0.25, 0.3) is 0 Å². The van der Waals surface area contributed by atoms with Crippen LogP contribution in [-0.2, 0) is 11.8 Å². The van der Waals surface area contributed by atoms with E-state index in [-0.39, 0.29) is 11.7 Å². The van der Waals surface area contributed by atoms with Gasteiger partial charge in [0.15, 0.2) is 16.7 Å². The van der Waals surface area contributed by atoms with E-state index in [0.717, 1.165) is 31.4 Å². The first-order chi connectivity index (χ1) is 13.9. The molecular weight excluding hydrogens is 499 g/mol. The molecule has 0 bridgehead atoms. The maximum Gasteiger partial charge on any atom is 0.234 e. The molecule has 0 fully saturated rings. The average Bonchev–Trinajstić information content (AvgIpc) is 3.26. The molecule has 0 saturated carbocycles. The first-order valence-electron chi connectivity index (χ1n) is 9.00. The summed E-state index contributed by atoms with van der Waals surface area (Å²) in [4.78, 5) is 12.5. The van der Waals surface area contributed by atoms with E-state index in [4.69, 9.17) is 4.42 Å². The summed E-state index contributed by atoms with van der Waals surface area (Å²) < 4.78 is 8.88. The lowest BCUT2D eigenvalue weighted by molar-refractivity contribution is -0.113. The smallest absolute Gasteiger partial charge is 0.234 e. The van der Waals surface area contributed by atoms with Gasteiger partial charge in [0, 0.05) is 21.7 Å². The van der Waals surface area contributed by atoms with E-state index in [2.05, 4.69) is 50.2 Å². The highest BCUT2D eigenvalue weighted by Crippen LogP contribution is 2.29. The molecule has 0 spiro atoms. The molecule has 0 atom stereocenters.